The van der Waals surface area contributed by atoms with Crippen molar-refractivity contribution < 1.29 is 67.3 Å². The van der Waals surface area contributed by atoms with Crippen LogP contribution in [0.1, 0.15) is 158 Å². The van der Waals surface area contributed by atoms with Crippen molar-refractivity contribution in [1.82, 2.24) is 30.6 Å². The van der Waals surface area contributed by atoms with E-state index in [1.165, 1.54) is 19.3 Å². The van der Waals surface area contributed by atoms with Gasteiger partial charge in [0.2, 0.25) is 36.4 Å². The van der Waals surface area contributed by atoms with Gasteiger partial charge in [-0.1, -0.05) is 123 Å². The van der Waals surface area contributed by atoms with Crippen LogP contribution in [0.15, 0.2) is 78.9 Å². The van der Waals surface area contributed by atoms with Crippen LogP contribution in [0.25, 0.3) is 0 Å². The molecule has 20 heteroatoms. The van der Waals surface area contributed by atoms with Gasteiger partial charge in [-0.05, 0) is 89.6 Å². The average molecular weight is 1180 g/mol. The van der Waals surface area contributed by atoms with Crippen molar-refractivity contribution in [2.24, 2.45) is 34.5 Å². The molecule has 4 fully saturated rings. The van der Waals surface area contributed by atoms with Gasteiger partial charge in [-0.25, -0.2) is 19.7 Å². The minimum Gasteiger partial charge on any atom is -0.490 e. The number of rotatable bonds is 25. The zero-order chi connectivity index (χ0) is 61.7. The second-order valence-electron chi connectivity index (χ2n) is 25.3. The van der Waals surface area contributed by atoms with Crippen LogP contribution in [0.4, 0.5) is 0 Å². The Balaban J connectivity index is 0.000000276. The zero-order valence-electron chi connectivity index (χ0n) is 51.2. The number of nitrogens with one attached hydrogen (secondary N) is 2. The molecule has 3 aromatic carbocycles. The van der Waals surface area contributed by atoms with Crippen molar-refractivity contribution in [3.05, 3.63) is 95.6 Å². The Kier molecular flexibility index (Phi) is 25.6. The van der Waals surface area contributed by atoms with E-state index in [1.807, 2.05) is 76.8 Å². The van der Waals surface area contributed by atoms with Crippen LogP contribution in [0.5, 0.6) is 11.5 Å². The second kappa shape index (κ2) is 32.4. The van der Waals surface area contributed by atoms with Crippen molar-refractivity contribution in [2.45, 2.75) is 162 Å². The minimum absolute atomic E-state index is 0.0725. The molecular weight excluding hydrogens is 1090 g/mol. The molecule has 6 amide bonds. The normalized spacial score (nSPS) is 17.7. The van der Waals surface area contributed by atoms with Crippen LogP contribution in [0.2, 0.25) is 0 Å². The molecule has 466 valence electrons. The molecule has 7 rings (SSSR count). The molecule has 2 aliphatic heterocycles. The lowest BCUT2D eigenvalue weighted by molar-refractivity contribution is -0.182. The standard InChI is InChI=1S/C36H49N3O7.C29H43N3O7/c1-36(2,3)32(34(42)38-20-18-31(19-21-38)46-30-16-14-28(15-17-30)35(43)44-4)37-33(41)29(22-26-10-8-9-11-26)23-39(25-40)45-24-27-12-6-5-7-13-27;1-29(2,3)25(30-26(34)22(18-32(37)19-33)17-20-7-5-6-8-20)27(35)31-15-13-24(14-16-31)39-23-11-9-21(10-12-23)28(36)38-4/h5-7,12-17,25-26,29,31-32H,8-11,18-24H2,1-4H3,(H,37,41);9-12,19-20,22,24-25,37H,5-8,13-18H2,1-4H3,(H,30,34)/t29-,32-;22-,25-/m11/s1. The summed E-state index contributed by atoms with van der Waals surface area (Å²) in [5.41, 5.74) is 0.755. The van der Waals surface area contributed by atoms with Gasteiger partial charge in [0.25, 0.3) is 0 Å². The van der Waals surface area contributed by atoms with Gasteiger partial charge in [-0.15, -0.1) is 0 Å². The van der Waals surface area contributed by atoms with Gasteiger partial charge in [0.1, 0.15) is 42.4 Å². The number of likely N-dealkylation sites (tertiary alicyclic amines) is 2. The van der Waals surface area contributed by atoms with E-state index < -0.39 is 46.7 Å². The van der Waals surface area contributed by atoms with Crippen molar-refractivity contribution in [3.8, 4) is 11.5 Å². The fraction of sp³-hybridized carbons (Fsp3) is 0.600. The van der Waals surface area contributed by atoms with Crippen molar-refractivity contribution in [3.63, 3.8) is 0 Å². The van der Waals surface area contributed by atoms with Crippen LogP contribution in [0.3, 0.4) is 0 Å². The summed E-state index contributed by atoms with van der Waals surface area (Å²) in [4.78, 5) is 111. The number of benzene rings is 3. The Labute approximate surface area is 501 Å². The monoisotopic (exact) mass is 1180 g/mol. The van der Waals surface area contributed by atoms with Crippen LogP contribution < -0.4 is 20.1 Å². The number of hydrogen-bond acceptors (Lipinski definition) is 14. The number of ether oxygens (including phenoxy) is 4. The molecule has 3 N–H and O–H groups in total. The summed E-state index contributed by atoms with van der Waals surface area (Å²) in [7, 11) is 2.68. The smallest absolute Gasteiger partial charge is 0.337 e. The maximum atomic E-state index is 13.9. The molecule has 2 saturated heterocycles. The molecule has 20 nitrogen and oxygen atoms in total. The second-order valence-corrected chi connectivity index (χ2v) is 25.3. The van der Waals surface area contributed by atoms with E-state index in [4.69, 9.17) is 23.8 Å². The molecule has 4 atom stereocenters. The van der Waals surface area contributed by atoms with E-state index in [1.54, 1.807) is 53.4 Å². The maximum absolute atomic E-state index is 13.9. The van der Waals surface area contributed by atoms with Crippen LogP contribution in [0, 0.1) is 34.5 Å². The largest absolute Gasteiger partial charge is 0.490 e. The Morgan fingerprint density at radius 2 is 0.953 bits per heavy atom. The fourth-order valence-corrected chi connectivity index (χ4v) is 11.7. The fourth-order valence-electron chi connectivity index (χ4n) is 11.7. The summed E-state index contributed by atoms with van der Waals surface area (Å²) in [5, 5.41) is 17.6. The first-order chi connectivity index (χ1) is 40.6. The summed E-state index contributed by atoms with van der Waals surface area (Å²) < 4.78 is 21.7. The molecule has 0 radical (unpaired) electrons. The van der Waals surface area contributed by atoms with Crippen LogP contribution >= 0.6 is 0 Å². The highest BCUT2D eigenvalue weighted by molar-refractivity contribution is 5.91. The quantitative estimate of drug-likeness (QED) is 0.0312. The SMILES string of the molecule is COC(=O)c1ccc(OC2CCN(C(=O)[C@@H](NC(=O)[C@H](CC3CCCC3)CN(C=O)OCc3ccccc3)C(C)(C)C)CC2)cc1.COC(=O)c1ccc(OC2CCN(C(=O)[C@@H](NC(=O)[C@H](CC3CCCC3)CN(O)C=O)C(C)(C)C)CC2)cc1. The maximum Gasteiger partial charge on any atom is 0.337 e. The van der Waals surface area contributed by atoms with Crippen molar-refractivity contribution >= 4 is 48.4 Å². The number of hydrogen-bond donors (Lipinski definition) is 3. The highest BCUT2D eigenvalue weighted by Gasteiger charge is 2.41. The van der Waals surface area contributed by atoms with Gasteiger partial charge in [0.05, 0.1) is 50.3 Å². The number of piperidine rings is 2. The van der Waals surface area contributed by atoms with Crippen LogP contribution in [-0.4, -0.2) is 151 Å². The molecule has 3 aromatic rings. The summed E-state index contributed by atoms with van der Waals surface area (Å²) in [6.45, 7) is 13.8. The number of amides is 6. The molecule has 2 aliphatic carbocycles. The molecule has 0 aromatic heterocycles. The number of nitrogens with zero attached hydrogens (tertiary/aromatic N) is 4. The van der Waals surface area contributed by atoms with Gasteiger partial charge in [-0.2, -0.15) is 0 Å². The highest BCUT2D eigenvalue weighted by atomic mass is 16.7. The Hall–Kier alpha value is -7.06. The van der Waals surface area contributed by atoms with Gasteiger partial charge in [0.15, 0.2) is 0 Å². The molecule has 85 heavy (non-hydrogen) atoms. The van der Waals surface area contributed by atoms with E-state index >= 15 is 0 Å². The Bertz CT molecular complexity index is 2620. The minimum atomic E-state index is -0.747. The lowest BCUT2D eigenvalue weighted by Crippen LogP contribution is -2.58. The summed E-state index contributed by atoms with van der Waals surface area (Å²) in [6.07, 6.45) is 13.3. The van der Waals surface area contributed by atoms with E-state index in [0.717, 1.165) is 56.9 Å². The summed E-state index contributed by atoms with van der Waals surface area (Å²) in [6, 6.07) is 21.7. The van der Waals surface area contributed by atoms with E-state index in [-0.39, 0.29) is 55.5 Å². The number of methoxy groups -OCH3 is 2. The number of carbonyl (C=O) groups is 8. The average Bonchev–Trinajstić information content (AvgIpc) is 3.09. The Morgan fingerprint density at radius 1 is 0.565 bits per heavy atom. The summed E-state index contributed by atoms with van der Waals surface area (Å²) >= 11 is 0. The predicted molar refractivity (Wildman–Crippen MR) is 317 cm³/mol. The van der Waals surface area contributed by atoms with Gasteiger partial charge >= 0.3 is 11.9 Å². The topological polar surface area (TPSA) is 240 Å². The number of hydroxylamine groups is 4. The third kappa shape index (κ3) is 20.9. The molecular formula is C65H92N6O14. The molecule has 0 bridgehead atoms. The predicted octanol–water partition coefficient (Wildman–Crippen LogP) is 8.58. The molecule has 2 heterocycles. The van der Waals surface area contributed by atoms with Gasteiger partial charge < -0.3 is 39.4 Å². The highest BCUT2D eigenvalue weighted by Crippen LogP contribution is 2.34. The van der Waals surface area contributed by atoms with E-state index in [0.29, 0.717) is 117 Å². The molecule has 2 saturated carbocycles. The van der Waals surface area contributed by atoms with E-state index in [9.17, 15) is 43.6 Å². The van der Waals surface area contributed by atoms with Gasteiger partial charge in [-0.3, -0.25) is 38.8 Å². The lowest BCUT2D eigenvalue weighted by Gasteiger charge is -2.39. The third-order valence-electron chi connectivity index (χ3n) is 16.7. The van der Waals surface area contributed by atoms with E-state index in [2.05, 4.69) is 10.6 Å². The Morgan fingerprint density at radius 3 is 1.31 bits per heavy atom. The first kappa shape index (κ1) is 67.1. The summed E-state index contributed by atoms with van der Waals surface area (Å²) in [5.74, 6) is -0.640. The first-order valence-electron chi connectivity index (χ1n) is 30.3. The molecule has 0 spiro atoms. The van der Waals surface area contributed by atoms with Crippen molar-refractivity contribution in [1.29, 1.82) is 0 Å². The van der Waals surface area contributed by atoms with Gasteiger partial charge in [0, 0.05) is 51.9 Å². The molecule has 0 unspecified atom stereocenters. The number of esters is 2. The molecule has 4 aliphatic rings. The zero-order valence-corrected chi connectivity index (χ0v) is 51.2. The third-order valence-corrected chi connectivity index (χ3v) is 16.7. The lowest BCUT2D eigenvalue weighted by atomic mass is 9.84. The first-order valence-corrected chi connectivity index (χ1v) is 30.3. The van der Waals surface area contributed by atoms with Crippen molar-refractivity contribution in [2.75, 3.05) is 53.5 Å². The number of carbonyl (C=O) groups excluding carboxylic acids is 8. The van der Waals surface area contributed by atoms with Crippen LogP contribution in [-0.2, 0) is 49.7 Å².